The van der Waals surface area contributed by atoms with Crippen LogP contribution >= 0.6 is 0 Å². The second-order valence-electron chi connectivity index (χ2n) is 6.72. The highest BCUT2D eigenvalue weighted by atomic mass is 19.1. The molecule has 0 aliphatic carbocycles. The van der Waals surface area contributed by atoms with Crippen molar-refractivity contribution in [1.82, 2.24) is 9.55 Å². The lowest BCUT2D eigenvalue weighted by molar-refractivity contribution is 0.100. The van der Waals surface area contributed by atoms with Gasteiger partial charge in [-0.25, -0.2) is 13.8 Å². The Kier molecular flexibility index (Phi) is 4.89. The van der Waals surface area contributed by atoms with E-state index in [9.17, 15) is 18.8 Å². The number of nitrogens with one attached hydrogen (secondary N) is 2. The number of hydrogen-bond acceptors (Lipinski definition) is 4. The summed E-state index contributed by atoms with van der Waals surface area (Å²) >= 11 is 0. The van der Waals surface area contributed by atoms with Gasteiger partial charge < -0.3 is 16.0 Å². The van der Waals surface area contributed by atoms with Crippen molar-refractivity contribution in [3.63, 3.8) is 0 Å². The van der Waals surface area contributed by atoms with E-state index in [0.29, 0.717) is 28.8 Å². The van der Waals surface area contributed by atoms with E-state index in [2.05, 4.69) is 10.3 Å². The Morgan fingerprint density at radius 3 is 2.37 bits per heavy atom. The molecule has 0 aliphatic heterocycles. The molecular formula is C22H17FN4O3. The van der Waals surface area contributed by atoms with Crippen LogP contribution in [0.4, 0.5) is 10.1 Å². The van der Waals surface area contributed by atoms with Crippen molar-refractivity contribution in [3.05, 3.63) is 105 Å². The van der Waals surface area contributed by atoms with E-state index in [1.165, 1.54) is 36.4 Å². The average Bonchev–Trinajstić information content (AvgIpc) is 2.73. The number of aromatic amines is 1. The maximum atomic E-state index is 13.0. The molecule has 0 saturated carbocycles. The predicted molar refractivity (Wildman–Crippen MR) is 112 cm³/mol. The SMILES string of the molecule is NC(=O)c1ccc(-n2c(=O)[nH]c3cc(NCc4ccc(F)cc4)ccc3c2=O)cc1. The van der Waals surface area contributed by atoms with Gasteiger partial charge in [-0.3, -0.25) is 9.59 Å². The molecule has 30 heavy (non-hydrogen) atoms. The van der Waals surface area contributed by atoms with E-state index in [4.69, 9.17) is 5.73 Å². The minimum absolute atomic E-state index is 0.279. The maximum absolute atomic E-state index is 13.0. The highest BCUT2D eigenvalue weighted by molar-refractivity contribution is 5.92. The molecule has 0 spiro atoms. The molecule has 0 radical (unpaired) electrons. The largest absolute Gasteiger partial charge is 0.381 e. The number of halogens is 1. The van der Waals surface area contributed by atoms with E-state index in [0.717, 1.165) is 10.1 Å². The number of aromatic nitrogens is 2. The number of anilines is 1. The number of H-pyrrole nitrogens is 1. The van der Waals surface area contributed by atoms with Gasteiger partial charge in [-0.2, -0.15) is 0 Å². The molecule has 8 heteroatoms. The molecule has 4 aromatic rings. The average molecular weight is 404 g/mol. The number of rotatable bonds is 5. The molecule has 0 atom stereocenters. The number of benzene rings is 3. The number of nitrogens with two attached hydrogens (primary N) is 1. The normalized spacial score (nSPS) is 10.8. The van der Waals surface area contributed by atoms with Gasteiger partial charge in [-0.05, 0) is 60.2 Å². The summed E-state index contributed by atoms with van der Waals surface area (Å²) in [4.78, 5) is 39.4. The second kappa shape index (κ2) is 7.67. The molecule has 0 saturated heterocycles. The number of fused-ring (bicyclic) bond motifs is 1. The van der Waals surface area contributed by atoms with Crippen molar-refractivity contribution in [2.24, 2.45) is 5.73 Å². The number of nitrogens with zero attached hydrogens (tertiary/aromatic N) is 1. The third-order valence-corrected chi connectivity index (χ3v) is 4.72. The van der Waals surface area contributed by atoms with Crippen LogP contribution in [0.25, 0.3) is 16.6 Å². The van der Waals surface area contributed by atoms with Crippen LogP contribution < -0.4 is 22.3 Å². The molecule has 1 heterocycles. The van der Waals surface area contributed by atoms with Crippen LogP contribution in [-0.2, 0) is 6.54 Å². The zero-order chi connectivity index (χ0) is 21.3. The first-order chi connectivity index (χ1) is 14.4. The van der Waals surface area contributed by atoms with Crippen LogP contribution in [-0.4, -0.2) is 15.5 Å². The topological polar surface area (TPSA) is 110 Å². The summed E-state index contributed by atoms with van der Waals surface area (Å²) in [6, 6.07) is 17.0. The van der Waals surface area contributed by atoms with E-state index in [-0.39, 0.29) is 11.4 Å². The van der Waals surface area contributed by atoms with Gasteiger partial charge in [0.1, 0.15) is 5.82 Å². The molecule has 4 N–H and O–H groups in total. The lowest BCUT2D eigenvalue weighted by Gasteiger charge is -2.10. The van der Waals surface area contributed by atoms with Gasteiger partial charge in [-0.15, -0.1) is 0 Å². The van der Waals surface area contributed by atoms with E-state index in [1.807, 2.05) is 0 Å². The predicted octanol–water partition coefficient (Wildman–Crippen LogP) is 2.53. The van der Waals surface area contributed by atoms with Crippen LogP contribution in [0.3, 0.4) is 0 Å². The van der Waals surface area contributed by atoms with Gasteiger partial charge in [0.15, 0.2) is 0 Å². The summed E-state index contributed by atoms with van der Waals surface area (Å²) in [7, 11) is 0. The molecule has 1 aromatic heterocycles. The monoisotopic (exact) mass is 404 g/mol. The van der Waals surface area contributed by atoms with Crippen molar-refractivity contribution in [2.45, 2.75) is 6.54 Å². The van der Waals surface area contributed by atoms with E-state index >= 15 is 0 Å². The molecule has 7 nitrogen and oxygen atoms in total. The number of carbonyl (C=O) groups excluding carboxylic acids is 1. The Balaban J connectivity index is 1.66. The third kappa shape index (κ3) is 3.70. The second-order valence-corrected chi connectivity index (χ2v) is 6.72. The smallest absolute Gasteiger partial charge is 0.333 e. The molecule has 0 fully saturated rings. The van der Waals surface area contributed by atoms with Crippen LogP contribution in [0.2, 0.25) is 0 Å². The minimum Gasteiger partial charge on any atom is -0.381 e. The molecule has 4 rings (SSSR count). The summed E-state index contributed by atoms with van der Waals surface area (Å²) in [5.41, 5.74) is 6.72. The van der Waals surface area contributed by atoms with Crippen molar-refractivity contribution in [3.8, 4) is 5.69 Å². The molecule has 0 aliphatic rings. The van der Waals surface area contributed by atoms with Crippen molar-refractivity contribution < 1.29 is 9.18 Å². The van der Waals surface area contributed by atoms with E-state index < -0.39 is 17.2 Å². The van der Waals surface area contributed by atoms with Crippen LogP contribution in [0, 0.1) is 5.82 Å². The lowest BCUT2D eigenvalue weighted by atomic mass is 10.2. The Morgan fingerprint density at radius 1 is 1.00 bits per heavy atom. The molecule has 0 bridgehead atoms. The van der Waals surface area contributed by atoms with Crippen molar-refractivity contribution in [2.75, 3.05) is 5.32 Å². The Hall–Kier alpha value is -4.20. The summed E-state index contributed by atoms with van der Waals surface area (Å²) in [6.07, 6.45) is 0. The third-order valence-electron chi connectivity index (χ3n) is 4.72. The zero-order valence-electron chi connectivity index (χ0n) is 15.7. The fraction of sp³-hybridized carbons (Fsp3) is 0.0455. The van der Waals surface area contributed by atoms with Gasteiger partial charge in [0.05, 0.1) is 16.6 Å². The summed E-state index contributed by atoms with van der Waals surface area (Å²) in [6.45, 7) is 0.458. The molecule has 0 unspecified atom stereocenters. The lowest BCUT2D eigenvalue weighted by Crippen LogP contribution is -2.33. The Morgan fingerprint density at radius 2 is 1.70 bits per heavy atom. The van der Waals surface area contributed by atoms with Gasteiger partial charge in [0, 0.05) is 17.8 Å². The fourth-order valence-corrected chi connectivity index (χ4v) is 3.14. The van der Waals surface area contributed by atoms with Crippen LogP contribution in [0.1, 0.15) is 15.9 Å². The number of primary amides is 1. The number of amides is 1. The first-order valence-corrected chi connectivity index (χ1v) is 9.10. The van der Waals surface area contributed by atoms with Gasteiger partial charge in [0.25, 0.3) is 5.56 Å². The van der Waals surface area contributed by atoms with Crippen LogP contribution in [0.5, 0.6) is 0 Å². The van der Waals surface area contributed by atoms with Crippen molar-refractivity contribution in [1.29, 1.82) is 0 Å². The standard InChI is InChI=1S/C22H17FN4O3/c23-15-5-1-13(2-6-15)12-25-16-7-10-18-19(11-16)26-22(30)27(21(18)29)17-8-3-14(4-9-17)20(24)28/h1-11,25H,12H2,(H2,24,28)(H,26,30). The Labute approximate surface area is 169 Å². The highest BCUT2D eigenvalue weighted by Crippen LogP contribution is 2.16. The molecular weight excluding hydrogens is 387 g/mol. The van der Waals surface area contributed by atoms with Gasteiger partial charge >= 0.3 is 5.69 Å². The molecule has 150 valence electrons. The van der Waals surface area contributed by atoms with E-state index in [1.54, 1.807) is 30.3 Å². The maximum Gasteiger partial charge on any atom is 0.333 e. The summed E-state index contributed by atoms with van der Waals surface area (Å²) < 4.78 is 14.0. The van der Waals surface area contributed by atoms with Gasteiger partial charge in [0.2, 0.25) is 5.91 Å². The van der Waals surface area contributed by atoms with Crippen molar-refractivity contribution >= 4 is 22.5 Å². The Bertz CT molecular complexity index is 1360. The van der Waals surface area contributed by atoms with Gasteiger partial charge in [-0.1, -0.05) is 12.1 Å². The quantitative estimate of drug-likeness (QED) is 0.475. The summed E-state index contributed by atoms with van der Waals surface area (Å²) in [5, 5.41) is 3.51. The summed E-state index contributed by atoms with van der Waals surface area (Å²) in [5.74, 6) is -0.899. The first-order valence-electron chi connectivity index (χ1n) is 9.10. The van der Waals surface area contributed by atoms with Crippen LogP contribution in [0.15, 0.2) is 76.3 Å². The first kappa shape index (κ1) is 19.1. The molecule has 3 aromatic carbocycles. The minimum atomic E-state index is -0.602. The highest BCUT2D eigenvalue weighted by Gasteiger charge is 2.11. The fourth-order valence-electron chi connectivity index (χ4n) is 3.14. The number of hydrogen-bond donors (Lipinski definition) is 3. The zero-order valence-corrected chi connectivity index (χ0v) is 15.7. The molecule has 1 amide bonds. The number of carbonyl (C=O) groups is 1.